The second kappa shape index (κ2) is 7.55. The summed E-state index contributed by atoms with van der Waals surface area (Å²) >= 11 is 0. The number of carbonyl (C=O) groups is 2. The molecule has 0 heterocycles. The van der Waals surface area contributed by atoms with Gasteiger partial charge in [-0.2, -0.15) is 0 Å². The van der Waals surface area contributed by atoms with Crippen LogP contribution in [0.3, 0.4) is 0 Å². The monoisotopic (exact) mass is 336 g/mol. The van der Waals surface area contributed by atoms with Crippen LogP contribution in [0.25, 0.3) is 0 Å². The van der Waals surface area contributed by atoms with Crippen molar-refractivity contribution in [3.63, 3.8) is 0 Å². The van der Waals surface area contributed by atoms with Crippen LogP contribution in [-0.4, -0.2) is 29.3 Å². The Balaban J connectivity index is 2.90. The van der Waals surface area contributed by atoms with Gasteiger partial charge in [-0.25, -0.2) is 9.59 Å². The first kappa shape index (κ1) is 19.8. The predicted molar refractivity (Wildman–Crippen MR) is 93.6 cm³/mol. The summed E-state index contributed by atoms with van der Waals surface area (Å²) in [5.41, 5.74) is 5.88. The van der Waals surface area contributed by atoms with Crippen LogP contribution >= 0.6 is 0 Å². The largest absolute Gasteiger partial charge is 0.458 e. The van der Waals surface area contributed by atoms with E-state index in [1.54, 1.807) is 59.7 Å². The molecule has 0 spiro atoms. The summed E-state index contributed by atoms with van der Waals surface area (Å²) in [4.78, 5) is 24.5. The van der Waals surface area contributed by atoms with Gasteiger partial charge in [0.05, 0.1) is 0 Å². The molecule has 6 heteroatoms. The highest BCUT2D eigenvalue weighted by atomic mass is 16.6. The Labute approximate surface area is 143 Å². The van der Waals surface area contributed by atoms with E-state index in [9.17, 15) is 9.59 Å². The molecule has 0 bridgehead atoms. The molecule has 1 rings (SSSR count). The van der Waals surface area contributed by atoms with Gasteiger partial charge in [-0.1, -0.05) is 12.1 Å². The zero-order valence-corrected chi connectivity index (χ0v) is 15.3. The topological polar surface area (TPSA) is 90.6 Å². The number of nitrogens with two attached hydrogens (primary N) is 1. The van der Waals surface area contributed by atoms with Gasteiger partial charge in [-0.3, -0.25) is 0 Å². The number of anilines is 1. The first-order valence-corrected chi connectivity index (χ1v) is 7.92. The molecular weight excluding hydrogens is 308 g/mol. The van der Waals surface area contributed by atoms with Crippen molar-refractivity contribution < 1.29 is 19.1 Å². The third-order valence-electron chi connectivity index (χ3n) is 2.77. The Morgan fingerprint density at radius 1 is 1.08 bits per heavy atom. The van der Waals surface area contributed by atoms with E-state index in [1.807, 2.05) is 6.07 Å². The highest BCUT2D eigenvalue weighted by Crippen LogP contribution is 2.14. The molecule has 134 valence electrons. The summed E-state index contributed by atoms with van der Waals surface area (Å²) in [5, 5.41) is 2.59. The lowest BCUT2D eigenvalue weighted by Gasteiger charge is -2.26. The number of nitrogens with one attached hydrogen (secondary N) is 1. The maximum atomic E-state index is 12.4. The van der Waals surface area contributed by atoms with Crippen molar-refractivity contribution in [3.05, 3.63) is 29.8 Å². The lowest BCUT2D eigenvalue weighted by Crippen LogP contribution is -2.47. The number of amides is 1. The molecule has 1 aromatic rings. The van der Waals surface area contributed by atoms with Gasteiger partial charge < -0.3 is 20.5 Å². The number of esters is 1. The van der Waals surface area contributed by atoms with Gasteiger partial charge in [0.1, 0.15) is 17.2 Å². The maximum Gasteiger partial charge on any atom is 0.408 e. The van der Waals surface area contributed by atoms with Crippen molar-refractivity contribution in [1.29, 1.82) is 0 Å². The molecule has 0 aliphatic heterocycles. The molecule has 3 N–H and O–H groups in total. The second-order valence-corrected chi connectivity index (χ2v) is 7.68. The summed E-state index contributed by atoms with van der Waals surface area (Å²) in [7, 11) is 0. The zero-order valence-electron chi connectivity index (χ0n) is 15.3. The molecule has 0 saturated carbocycles. The summed E-state index contributed by atoms with van der Waals surface area (Å²) < 4.78 is 10.6. The van der Waals surface area contributed by atoms with Crippen LogP contribution in [0.15, 0.2) is 24.3 Å². The number of benzene rings is 1. The minimum Gasteiger partial charge on any atom is -0.458 e. The molecule has 0 unspecified atom stereocenters. The molecule has 1 amide bonds. The Morgan fingerprint density at radius 2 is 1.67 bits per heavy atom. The number of nitrogen functional groups attached to an aromatic ring is 1. The Morgan fingerprint density at radius 3 is 2.17 bits per heavy atom. The molecule has 1 atom stereocenters. The van der Waals surface area contributed by atoms with E-state index < -0.39 is 29.3 Å². The van der Waals surface area contributed by atoms with Crippen LogP contribution in [0, 0.1) is 0 Å². The van der Waals surface area contributed by atoms with Gasteiger partial charge in [-0.05, 0) is 59.2 Å². The molecule has 24 heavy (non-hydrogen) atoms. The Kier molecular flexibility index (Phi) is 6.23. The first-order chi connectivity index (χ1) is 10.9. The standard InChI is InChI=1S/C18H28N2O4/c1-17(2,3)23-15(21)14(20-16(22)24-18(4,5)6)11-12-8-7-9-13(19)10-12/h7-10,14H,11,19H2,1-6H3,(H,20,22)/t14-/m0/s1. The van der Waals surface area contributed by atoms with E-state index in [2.05, 4.69) is 5.32 Å². The van der Waals surface area contributed by atoms with E-state index >= 15 is 0 Å². The van der Waals surface area contributed by atoms with Crippen LogP contribution < -0.4 is 11.1 Å². The average molecular weight is 336 g/mol. The molecule has 0 aliphatic carbocycles. The van der Waals surface area contributed by atoms with Crippen molar-refractivity contribution >= 4 is 17.7 Å². The van der Waals surface area contributed by atoms with E-state index in [4.69, 9.17) is 15.2 Å². The minimum atomic E-state index is -0.860. The zero-order chi connectivity index (χ0) is 18.5. The maximum absolute atomic E-state index is 12.4. The fourth-order valence-corrected chi connectivity index (χ4v) is 1.97. The summed E-state index contributed by atoms with van der Waals surface area (Å²) in [6.07, 6.45) is -0.401. The number of carbonyl (C=O) groups excluding carboxylic acids is 2. The summed E-state index contributed by atoms with van der Waals surface area (Å²) in [6, 6.07) is 6.29. The van der Waals surface area contributed by atoms with Crippen LogP contribution in [0.5, 0.6) is 0 Å². The quantitative estimate of drug-likeness (QED) is 0.651. The third kappa shape index (κ3) is 7.85. The highest BCUT2D eigenvalue weighted by molar-refractivity contribution is 5.82. The number of ether oxygens (including phenoxy) is 2. The van der Waals surface area contributed by atoms with Gasteiger partial charge in [-0.15, -0.1) is 0 Å². The second-order valence-electron chi connectivity index (χ2n) is 7.68. The molecule has 1 aromatic carbocycles. The van der Waals surface area contributed by atoms with E-state index in [1.165, 1.54) is 0 Å². The SMILES string of the molecule is CC(C)(C)OC(=O)N[C@@H](Cc1cccc(N)c1)C(=O)OC(C)(C)C. The molecule has 0 radical (unpaired) electrons. The number of hydrogen-bond acceptors (Lipinski definition) is 5. The fourth-order valence-electron chi connectivity index (χ4n) is 1.97. The predicted octanol–water partition coefficient (Wildman–Crippen LogP) is 3.05. The molecule has 0 aliphatic rings. The van der Waals surface area contributed by atoms with Crippen molar-refractivity contribution in [3.8, 4) is 0 Å². The molecule has 0 fully saturated rings. The van der Waals surface area contributed by atoms with Crippen LogP contribution in [0.4, 0.5) is 10.5 Å². The van der Waals surface area contributed by atoms with Gasteiger partial charge in [0.25, 0.3) is 0 Å². The first-order valence-electron chi connectivity index (χ1n) is 7.92. The lowest BCUT2D eigenvalue weighted by molar-refractivity contribution is -0.157. The van der Waals surface area contributed by atoms with Gasteiger partial charge in [0.15, 0.2) is 0 Å². The molecule has 0 aromatic heterocycles. The average Bonchev–Trinajstić information content (AvgIpc) is 2.33. The highest BCUT2D eigenvalue weighted by Gasteiger charge is 2.28. The van der Waals surface area contributed by atoms with Gasteiger partial charge >= 0.3 is 12.1 Å². The number of rotatable bonds is 4. The minimum absolute atomic E-state index is 0.263. The van der Waals surface area contributed by atoms with Crippen molar-refractivity contribution in [2.45, 2.75) is 65.2 Å². The van der Waals surface area contributed by atoms with Crippen LogP contribution in [0.2, 0.25) is 0 Å². The summed E-state index contributed by atoms with van der Waals surface area (Å²) in [5.74, 6) is -0.518. The lowest BCUT2D eigenvalue weighted by atomic mass is 10.0. The van der Waals surface area contributed by atoms with Crippen LogP contribution in [-0.2, 0) is 20.7 Å². The van der Waals surface area contributed by atoms with Crippen molar-refractivity contribution in [1.82, 2.24) is 5.32 Å². The Hall–Kier alpha value is -2.24. The molecule has 6 nitrogen and oxygen atoms in total. The third-order valence-corrected chi connectivity index (χ3v) is 2.77. The van der Waals surface area contributed by atoms with Gasteiger partial charge in [0, 0.05) is 12.1 Å². The van der Waals surface area contributed by atoms with Gasteiger partial charge in [0.2, 0.25) is 0 Å². The Bertz CT molecular complexity index is 585. The van der Waals surface area contributed by atoms with E-state index in [-0.39, 0.29) is 6.42 Å². The number of alkyl carbamates (subject to hydrolysis) is 1. The normalized spacial score (nSPS) is 13.1. The van der Waals surface area contributed by atoms with Crippen molar-refractivity contribution in [2.24, 2.45) is 0 Å². The molecular formula is C18H28N2O4. The van der Waals surface area contributed by atoms with E-state index in [0.717, 1.165) is 5.56 Å². The smallest absolute Gasteiger partial charge is 0.408 e. The fraction of sp³-hybridized carbons (Fsp3) is 0.556. The van der Waals surface area contributed by atoms with E-state index in [0.29, 0.717) is 5.69 Å². The number of hydrogen-bond donors (Lipinski definition) is 2. The van der Waals surface area contributed by atoms with Crippen LogP contribution in [0.1, 0.15) is 47.1 Å². The molecule has 0 saturated heterocycles. The summed E-state index contributed by atoms with van der Waals surface area (Å²) in [6.45, 7) is 10.6. The van der Waals surface area contributed by atoms with Crippen molar-refractivity contribution in [2.75, 3.05) is 5.73 Å².